The Morgan fingerprint density at radius 3 is 2.44 bits per heavy atom. The van der Waals surface area contributed by atoms with Gasteiger partial charge in [-0.05, 0) is 35.7 Å². The lowest BCUT2D eigenvalue weighted by Crippen LogP contribution is -2.48. The van der Waals surface area contributed by atoms with Gasteiger partial charge in [-0.2, -0.15) is 0 Å². The molecule has 1 heterocycles. The molecule has 0 spiro atoms. The van der Waals surface area contributed by atoms with Crippen molar-refractivity contribution < 1.29 is 4.79 Å². The summed E-state index contributed by atoms with van der Waals surface area (Å²) in [7, 11) is 0. The summed E-state index contributed by atoms with van der Waals surface area (Å²) in [6, 6.07) is 15.7. The van der Waals surface area contributed by atoms with Gasteiger partial charge in [0.05, 0.1) is 0 Å². The van der Waals surface area contributed by atoms with Gasteiger partial charge in [0, 0.05) is 49.2 Å². The topological polar surface area (TPSA) is 23.6 Å². The van der Waals surface area contributed by atoms with E-state index >= 15 is 0 Å². The number of carbonyl (C=O) groups excluding carboxylic acids is 1. The van der Waals surface area contributed by atoms with Crippen molar-refractivity contribution in [2.24, 2.45) is 0 Å². The third-order valence-electron chi connectivity index (χ3n) is 4.59. The molecule has 0 unspecified atom stereocenters. The fourth-order valence-electron chi connectivity index (χ4n) is 3.15. The predicted molar refractivity (Wildman–Crippen MR) is 103 cm³/mol. The van der Waals surface area contributed by atoms with Crippen molar-refractivity contribution in [2.45, 2.75) is 19.4 Å². The summed E-state index contributed by atoms with van der Waals surface area (Å²) in [4.78, 5) is 16.8. The van der Waals surface area contributed by atoms with Crippen LogP contribution in [0.2, 0.25) is 10.0 Å². The van der Waals surface area contributed by atoms with Crippen LogP contribution in [0.1, 0.15) is 17.5 Å². The van der Waals surface area contributed by atoms with Gasteiger partial charge in [-0.15, -0.1) is 0 Å². The highest BCUT2D eigenvalue weighted by atomic mass is 35.5. The molecule has 1 saturated heterocycles. The fourth-order valence-corrected chi connectivity index (χ4v) is 3.59. The van der Waals surface area contributed by atoms with Gasteiger partial charge in [0.25, 0.3) is 0 Å². The molecule has 0 N–H and O–H groups in total. The van der Waals surface area contributed by atoms with Crippen LogP contribution in [0, 0.1) is 0 Å². The van der Waals surface area contributed by atoms with E-state index in [2.05, 4.69) is 11.0 Å². The first-order valence-electron chi connectivity index (χ1n) is 8.60. The molecule has 1 fully saturated rings. The van der Waals surface area contributed by atoms with E-state index in [9.17, 15) is 4.79 Å². The molecule has 1 amide bonds. The van der Waals surface area contributed by atoms with Gasteiger partial charge in [-0.1, -0.05) is 53.5 Å². The number of nitrogens with zero attached hydrogens (tertiary/aromatic N) is 2. The van der Waals surface area contributed by atoms with E-state index in [0.29, 0.717) is 12.8 Å². The number of amides is 1. The molecule has 25 heavy (non-hydrogen) atoms. The largest absolute Gasteiger partial charge is 0.340 e. The van der Waals surface area contributed by atoms with Gasteiger partial charge in [-0.25, -0.2) is 0 Å². The van der Waals surface area contributed by atoms with Gasteiger partial charge < -0.3 is 4.90 Å². The monoisotopic (exact) mass is 376 g/mol. The molecule has 2 aromatic rings. The second-order valence-corrected chi connectivity index (χ2v) is 7.22. The third-order valence-corrected chi connectivity index (χ3v) is 5.19. The maximum Gasteiger partial charge on any atom is 0.222 e. The highest BCUT2D eigenvalue weighted by Crippen LogP contribution is 2.18. The quantitative estimate of drug-likeness (QED) is 0.777. The summed E-state index contributed by atoms with van der Waals surface area (Å²) in [6.07, 6.45) is 1.21. The number of rotatable bonds is 5. The first-order chi connectivity index (χ1) is 12.1. The van der Waals surface area contributed by atoms with Crippen LogP contribution < -0.4 is 0 Å². The van der Waals surface area contributed by atoms with Crippen molar-refractivity contribution in [2.75, 3.05) is 26.2 Å². The van der Waals surface area contributed by atoms with Crippen molar-refractivity contribution in [1.82, 2.24) is 9.80 Å². The zero-order valence-electron chi connectivity index (χ0n) is 14.1. The first-order valence-corrected chi connectivity index (χ1v) is 9.35. The number of benzene rings is 2. The summed E-state index contributed by atoms with van der Waals surface area (Å²) in [5, 5.41) is 1.51. The maximum atomic E-state index is 12.4. The molecule has 0 aliphatic carbocycles. The van der Waals surface area contributed by atoms with E-state index in [1.54, 1.807) is 0 Å². The Kier molecular flexibility index (Phi) is 6.35. The molecule has 5 heteroatoms. The Labute approximate surface area is 159 Å². The first kappa shape index (κ1) is 18.2. The number of hydrogen-bond acceptors (Lipinski definition) is 2. The van der Waals surface area contributed by atoms with E-state index in [0.717, 1.165) is 48.3 Å². The molecular formula is C20H22Cl2N2O. The molecule has 0 aromatic heterocycles. The van der Waals surface area contributed by atoms with E-state index in [4.69, 9.17) is 23.2 Å². The van der Waals surface area contributed by atoms with Gasteiger partial charge in [0.15, 0.2) is 0 Å². The molecule has 3 rings (SSSR count). The van der Waals surface area contributed by atoms with Crippen LogP contribution in [-0.4, -0.2) is 41.9 Å². The lowest BCUT2D eigenvalue weighted by atomic mass is 10.1. The Morgan fingerprint density at radius 2 is 1.72 bits per heavy atom. The van der Waals surface area contributed by atoms with Gasteiger partial charge in [-0.3, -0.25) is 9.69 Å². The fraction of sp³-hybridized carbons (Fsp3) is 0.350. The van der Waals surface area contributed by atoms with Crippen molar-refractivity contribution in [3.63, 3.8) is 0 Å². The Balaban J connectivity index is 1.45. The molecule has 3 nitrogen and oxygen atoms in total. The highest BCUT2D eigenvalue weighted by Gasteiger charge is 2.21. The zero-order chi connectivity index (χ0) is 17.6. The number of aryl methyl sites for hydroxylation is 1. The molecule has 0 atom stereocenters. The number of halogens is 2. The molecule has 0 saturated carbocycles. The van der Waals surface area contributed by atoms with Crippen LogP contribution in [0.5, 0.6) is 0 Å². The lowest BCUT2D eigenvalue weighted by Gasteiger charge is -2.35. The van der Waals surface area contributed by atoms with Crippen LogP contribution in [0.15, 0.2) is 48.5 Å². The minimum Gasteiger partial charge on any atom is -0.340 e. The lowest BCUT2D eigenvalue weighted by molar-refractivity contribution is -0.133. The predicted octanol–water partition coefficient (Wildman–Crippen LogP) is 4.27. The Bertz CT molecular complexity index is 727. The summed E-state index contributed by atoms with van der Waals surface area (Å²) in [5.41, 5.74) is 2.25. The second-order valence-electron chi connectivity index (χ2n) is 6.38. The average Bonchev–Trinajstić information content (AvgIpc) is 2.61. The molecule has 1 aliphatic rings. The van der Waals surface area contributed by atoms with Crippen molar-refractivity contribution >= 4 is 29.1 Å². The molecule has 132 valence electrons. The van der Waals surface area contributed by atoms with Crippen LogP contribution in [0.4, 0.5) is 0 Å². The molecular weight excluding hydrogens is 355 g/mol. The summed E-state index contributed by atoms with van der Waals surface area (Å²) < 4.78 is 0. The summed E-state index contributed by atoms with van der Waals surface area (Å²) in [5.74, 6) is 0.210. The van der Waals surface area contributed by atoms with Crippen molar-refractivity contribution in [3.05, 3.63) is 69.7 Å². The Morgan fingerprint density at radius 1 is 0.960 bits per heavy atom. The summed E-state index contributed by atoms with van der Waals surface area (Å²) in [6.45, 7) is 4.22. The second kappa shape index (κ2) is 8.70. The molecule has 0 radical (unpaired) electrons. The number of hydrogen-bond donors (Lipinski definition) is 0. The average molecular weight is 377 g/mol. The smallest absolute Gasteiger partial charge is 0.222 e. The van der Waals surface area contributed by atoms with Crippen LogP contribution in [-0.2, 0) is 17.8 Å². The standard InChI is InChI=1S/C20H22Cl2N2O/c21-18-6-3-4-16(14-18)15-23-10-12-24(13-11-23)20(25)9-8-17-5-1-2-7-19(17)22/h1-7,14H,8-13,15H2. The molecule has 0 bridgehead atoms. The van der Waals surface area contributed by atoms with E-state index < -0.39 is 0 Å². The maximum absolute atomic E-state index is 12.4. The van der Waals surface area contributed by atoms with Crippen molar-refractivity contribution in [1.29, 1.82) is 0 Å². The zero-order valence-corrected chi connectivity index (χ0v) is 15.6. The SMILES string of the molecule is O=C(CCc1ccccc1Cl)N1CCN(Cc2cccc(Cl)c2)CC1. The van der Waals surface area contributed by atoms with Crippen LogP contribution >= 0.6 is 23.2 Å². The Hall–Kier alpha value is -1.55. The molecule has 2 aromatic carbocycles. The minimum absolute atomic E-state index is 0.210. The normalized spacial score (nSPS) is 15.4. The van der Waals surface area contributed by atoms with E-state index in [1.165, 1.54) is 5.56 Å². The minimum atomic E-state index is 0.210. The van der Waals surface area contributed by atoms with Crippen molar-refractivity contribution in [3.8, 4) is 0 Å². The third kappa shape index (κ3) is 5.21. The summed E-state index contributed by atoms with van der Waals surface area (Å²) >= 11 is 12.2. The molecule has 1 aliphatic heterocycles. The number of piperazine rings is 1. The highest BCUT2D eigenvalue weighted by molar-refractivity contribution is 6.31. The van der Waals surface area contributed by atoms with Crippen LogP contribution in [0.25, 0.3) is 0 Å². The van der Waals surface area contributed by atoms with Crippen LogP contribution in [0.3, 0.4) is 0 Å². The van der Waals surface area contributed by atoms with E-state index in [1.807, 2.05) is 47.4 Å². The number of carbonyl (C=O) groups is 1. The van der Waals surface area contributed by atoms with Gasteiger partial charge in [0.2, 0.25) is 5.91 Å². The van der Waals surface area contributed by atoms with Gasteiger partial charge >= 0.3 is 0 Å². The van der Waals surface area contributed by atoms with E-state index in [-0.39, 0.29) is 5.91 Å². The van der Waals surface area contributed by atoms with Gasteiger partial charge in [0.1, 0.15) is 0 Å².